The summed E-state index contributed by atoms with van der Waals surface area (Å²) >= 11 is 0. The highest BCUT2D eigenvalue weighted by atomic mass is 16.6. The van der Waals surface area contributed by atoms with Crippen LogP contribution in [0.1, 0.15) is 71.6 Å². The number of ether oxygens (including phenoxy) is 1. The Morgan fingerprint density at radius 1 is 1.25 bits per heavy atom. The molecule has 9 atom stereocenters. The molecule has 6 rings (SSSR count). The highest BCUT2D eigenvalue weighted by molar-refractivity contribution is 5.96. The number of allylic oxidation sites excluding steroid dienone is 2. The first kappa shape index (κ1) is 17.5. The van der Waals surface area contributed by atoms with Crippen LogP contribution in [0.3, 0.4) is 0 Å². The molecule has 0 bridgehead atoms. The lowest BCUT2D eigenvalue weighted by Gasteiger charge is -2.60. The predicted molar refractivity (Wildman–Crippen MR) is 106 cm³/mol. The van der Waals surface area contributed by atoms with Gasteiger partial charge in [0.2, 0.25) is 0 Å². The third-order valence-corrected chi connectivity index (χ3v) is 10.2. The summed E-state index contributed by atoms with van der Waals surface area (Å²) in [6.07, 6.45) is 12.0. The molecule has 152 valence electrons. The largest absolute Gasteiger partial charge is 0.458 e. The van der Waals surface area contributed by atoms with Crippen LogP contribution in [-0.4, -0.2) is 22.5 Å². The van der Waals surface area contributed by atoms with Crippen molar-refractivity contribution in [3.8, 4) is 0 Å². The maximum atomic E-state index is 12.2. The summed E-state index contributed by atoms with van der Waals surface area (Å²) in [6, 6.07) is 0. The summed E-state index contributed by atoms with van der Waals surface area (Å²) < 4.78 is 6.28. The van der Waals surface area contributed by atoms with E-state index in [1.54, 1.807) is 5.57 Å². The summed E-state index contributed by atoms with van der Waals surface area (Å²) in [5.41, 5.74) is 2.52. The SMILES string of the molecule is CC[C@]12CCC3C(C(C)CC4=C/C(=N/O)CC[C@@H]43)C1C1CC1[C@@]21CCC(=O)O1. The quantitative estimate of drug-likeness (QED) is 0.396. The highest BCUT2D eigenvalue weighted by Crippen LogP contribution is 2.79. The highest BCUT2D eigenvalue weighted by Gasteiger charge is 2.79. The zero-order valence-corrected chi connectivity index (χ0v) is 17.2. The third-order valence-electron chi connectivity index (χ3n) is 10.2. The Morgan fingerprint density at radius 3 is 2.82 bits per heavy atom. The first-order valence-corrected chi connectivity index (χ1v) is 11.7. The Kier molecular flexibility index (Phi) is 3.53. The fourth-order valence-corrected chi connectivity index (χ4v) is 9.45. The molecule has 0 amide bonds. The minimum Gasteiger partial charge on any atom is -0.458 e. The molecule has 5 fully saturated rings. The second-order valence-electron chi connectivity index (χ2n) is 10.8. The third kappa shape index (κ3) is 1.93. The summed E-state index contributed by atoms with van der Waals surface area (Å²) in [5, 5.41) is 12.8. The van der Waals surface area contributed by atoms with Crippen LogP contribution in [0.5, 0.6) is 0 Å². The van der Waals surface area contributed by atoms with Crippen LogP contribution in [0.25, 0.3) is 0 Å². The Hall–Kier alpha value is -1.32. The molecule has 0 aromatic heterocycles. The van der Waals surface area contributed by atoms with Crippen LogP contribution >= 0.6 is 0 Å². The molecular formula is C24H33NO3. The van der Waals surface area contributed by atoms with Crippen molar-refractivity contribution in [2.45, 2.75) is 77.2 Å². The van der Waals surface area contributed by atoms with E-state index in [4.69, 9.17) is 4.74 Å². The number of carbonyl (C=O) groups excluding carboxylic acids is 1. The van der Waals surface area contributed by atoms with Gasteiger partial charge in [-0.3, -0.25) is 4.79 Å². The molecule has 1 heterocycles. The van der Waals surface area contributed by atoms with E-state index in [0.717, 1.165) is 55.1 Å². The van der Waals surface area contributed by atoms with Crippen LogP contribution in [0, 0.1) is 46.8 Å². The van der Waals surface area contributed by atoms with E-state index in [-0.39, 0.29) is 17.0 Å². The van der Waals surface area contributed by atoms with Gasteiger partial charge in [-0.05, 0) is 93.0 Å². The minimum absolute atomic E-state index is 0.0614. The zero-order chi connectivity index (χ0) is 19.3. The molecule has 5 aliphatic carbocycles. The molecule has 1 N–H and O–H groups in total. The van der Waals surface area contributed by atoms with Gasteiger partial charge in [-0.1, -0.05) is 24.6 Å². The van der Waals surface area contributed by atoms with Gasteiger partial charge in [0.1, 0.15) is 5.60 Å². The number of oxime groups is 1. The number of rotatable bonds is 1. The van der Waals surface area contributed by atoms with Gasteiger partial charge in [-0.25, -0.2) is 0 Å². The molecule has 6 unspecified atom stereocenters. The van der Waals surface area contributed by atoms with Gasteiger partial charge >= 0.3 is 5.97 Å². The standard InChI is InChI=1S/C24H33NO3/c1-3-23-8-6-17-16-5-4-15(25-27)11-14(16)10-13(2)21(17)22(23)18-12-19(18)24(23)9-7-20(26)28-24/h11,13,16-19,21-22,27H,3-10,12H2,1-2H3/b25-15+/t13?,16-,17?,18?,19?,21?,22?,23-,24-/m0/s1. The molecule has 1 aliphatic heterocycles. The normalized spacial score (nSPS) is 55.2. The van der Waals surface area contributed by atoms with Crippen molar-refractivity contribution in [1.82, 2.24) is 0 Å². The van der Waals surface area contributed by atoms with E-state index < -0.39 is 0 Å². The molecule has 1 saturated heterocycles. The smallest absolute Gasteiger partial charge is 0.306 e. The first-order chi connectivity index (χ1) is 13.5. The summed E-state index contributed by atoms with van der Waals surface area (Å²) in [6.45, 7) is 4.84. The van der Waals surface area contributed by atoms with Gasteiger partial charge in [0.25, 0.3) is 0 Å². The molecule has 4 nitrogen and oxygen atoms in total. The molecular weight excluding hydrogens is 350 g/mol. The number of esters is 1. The second kappa shape index (κ2) is 5.64. The van der Waals surface area contributed by atoms with Crippen molar-refractivity contribution < 1.29 is 14.7 Å². The number of hydrogen-bond donors (Lipinski definition) is 1. The van der Waals surface area contributed by atoms with E-state index in [0.29, 0.717) is 24.2 Å². The summed E-state index contributed by atoms with van der Waals surface area (Å²) in [7, 11) is 0. The van der Waals surface area contributed by atoms with E-state index in [1.165, 1.54) is 25.7 Å². The minimum atomic E-state index is -0.127. The average molecular weight is 384 g/mol. The maximum Gasteiger partial charge on any atom is 0.306 e. The number of fused-ring (bicyclic) bond motifs is 9. The molecule has 0 aromatic carbocycles. The first-order valence-electron chi connectivity index (χ1n) is 11.7. The van der Waals surface area contributed by atoms with Crippen LogP contribution in [0.4, 0.5) is 0 Å². The van der Waals surface area contributed by atoms with Gasteiger partial charge in [-0.15, -0.1) is 0 Å². The molecule has 0 radical (unpaired) electrons. The van der Waals surface area contributed by atoms with Crippen molar-refractivity contribution in [1.29, 1.82) is 0 Å². The van der Waals surface area contributed by atoms with Crippen molar-refractivity contribution in [2.75, 3.05) is 0 Å². The van der Waals surface area contributed by atoms with Crippen LogP contribution < -0.4 is 0 Å². The van der Waals surface area contributed by atoms with E-state index in [1.807, 2.05) is 0 Å². The molecule has 1 spiro atoms. The van der Waals surface area contributed by atoms with Crippen molar-refractivity contribution in [3.63, 3.8) is 0 Å². The molecule has 28 heavy (non-hydrogen) atoms. The molecule has 4 heteroatoms. The number of carbonyl (C=O) groups is 1. The van der Waals surface area contributed by atoms with E-state index >= 15 is 0 Å². The molecule has 6 aliphatic rings. The Morgan fingerprint density at radius 2 is 2.11 bits per heavy atom. The van der Waals surface area contributed by atoms with Gasteiger partial charge in [-0.2, -0.15) is 0 Å². The van der Waals surface area contributed by atoms with Crippen LogP contribution in [0.2, 0.25) is 0 Å². The van der Waals surface area contributed by atoms with Crippen LogP contribution in [0.15, 0.2) is 16.8 Å². The summed E-state index contributed by atoms with van der Waals surface area (Å²) in [4.78, 5) is 12.2. The van der Waals surface area contributed by atoms with Crippen molar-refractivity contribution in [2.24, 2.45) is 52.0 Å². The maximum absolute atomic E-state index is 12.2. The van der Waals surface area contributed by atoms with Crippen molar-refractivity contribution >= 4 is 11.7 Å². The van der Waals surface area contributed by atoms with Gasteiger partial charge in [0.15, 0.2) is 0 Å². The van der Waals surface area contributed by atoms with Gasteiger partial charge in [0.05, 0.1) is 5.71 Å². The molecule has 4 saturated carbocycles. The van der Waals surface area contributed by atoms with Gasteiger partial charge < -0.3 is 9.94 Å². The van der Waals surface area contributed by atoms with Crippen molar-refractivity contribution in [3.05, 3.63) is 11.6 Å². The van der Waals surface area contributed by atoms with Gasteiger partial charge in [0, 0.05) is 17.8 Å². The fourth-order valence-electron chi connectivity index (χ4n) is 9.45. The lowest BCUT2D eigenvalue weighted by molar-refractivity contribution is -0.181. The molecule has 0 aromatic rings. The average Bonchev–Trinajstić information content (AvgIpc) is 3.35. The fraction of sp³-hybridized carbons (Fsp3) is 0.833. The Balaban J connectivity index is 1.40. The Labute approximate surface area is 167 Å². The second-order valence-corrected chi connectivity index (χ2v) is 10.8. The number of hydrogen-bond acceptors (Lipinski definition) is 4. The number of nitrogens with zero attached hydrogens (tertiary/aromatic N) is 1. The lowest BCUT2D eigenvalue weighted by Crippen LogP contribution is -2.57. The van der Waals surface area contributed by atoms with Crippen LogP contribution in [-0.2, 0) is 9.53 Å². The summed E-state index contributed by atoms with van der Waals surface area (Å²) in [5.74, 6) is 5.15. The Bertz CT molecular complexity index is 787. The zero-order valence-electron chi connectivity index (χ0n) is 17.2. The van der Waals surface area contributed by atoms with E-state index in [2.05, 4.69) is 25.1 Å². The monoisotopic (exact) mass is 383 g/mol. The topological polar surface area (TPSA) is 58.9 Å². The van der Waals surface area contributed by atoms with E-state index in [9.17, 15) is 10.0 Å². The predicted octanol–water partition coefficient (Wildman–Crippen LogP) is 4.96. The lowest BCUT2D eigenvalue weighted by atomic mass is 9.46.